The Labute approximate surface area is 102 Å². The quantitative estimate of drug-likeness (QED) is 0.851. The van der Waals surface area contributed by atoms with Crippen molar-refractivity contribution in [3.05, 3.63) is 65.5 Å². The Morgan fingerprint density at radius 3 is 2.47 bits per heavy atom. The molecule has 0 aliphatic rings. The summed E-state index contributed by atoms with van der Waals surface area (Å²) in [6.45, 7) is 0.197. The Morgan fingerprint density at radius 2 is 1.71 bits per heavy atom. The summed E-state index contributed by atoms with van der Waals surface area (Å²) in [4.78, 5) is 4.36. The number of hydrogen-bond acceptors (Lipinski definition) is 2. The number of nitrogens with zero attached hydrogens (tertiary/aromatic N) is 1. The molecule has 0 aliphatic carbocycles. The zero-order chi connectivity index (χ0) is 11.9. The van der Waals surface area contributed by atoms with Gasteiger partial charge in [0.2, 0.25) is 0 Å². The fraction of sp³-hybridized carbons (Fsp3) is 0.267. The molecule has 0 amide bonds. The molecule has 0 aliphatic heterocycles. The first kappa shape index (κ1) is 11.8. The molecule has 1 heterocycles. The van der Waals surface area contributed by atoms with E-state index in [1.54, 1.807) is 0 Å². The highest BCUT2D eigenvalue weighted by atomic mass is 16.2. The summed E-state index contributed by atoms with van der Waals surface area (Å²) in [6, 6.07) is 14.5. The average Bonchev–Trinajstić information content (AvgIpc) is 2.39. The lowest BCUT2D eigenvalue weighted by molar-refractivity contribution is 0.299. The van der Waals surface area contributed by atoms with E-state index in [0.29, 0.717) is 6.42 Å². The summed E-state index contributed by atoms with van der Waals surface area (Å²) >= 11 is 0. The molecule has 1 aromatic carbocycles. The van der Waals surface area contributed by atoms with Crippen LogP contribution in [-0.4, -0.2) is 16.7 Å². The summed E-state index contributed by atoms with van der Waals surface area (Å²) < 4.78 is 0. The highest BCUT2D eigenvalue weighted by Crippen LogP contribution is 2.07. The number of aryl methyl sites for hydroxylation is 2. The lowest BCUT2D eigenvalue weighted by atomic mass is 10.1. The van der Waals surface area contributed by atoms with Crippen molar-refractivity contribution in [2.45, 2.75) is 19.3 Å². The average molecular weight is 227 g/mol. The minimum absolute atomic E-state index is 0.197. The molecular weight excluding hydrogens is 210 g/mol. The number of rotatable bonds is 5. The predicted octanol–water partition coefficient (Wildman–Crippen LogP) is 2.40. The maximum Gasteiger partial charge on any atom is 0.0471 e. The van der Waals surface area contributed by atoms with Crippen LogP contribution in [0.5, 0.6) is 0 Å². The van der Waals surface area contributed by atoms with Crippen molar-refractivity contribution in [1.29, 1.82) is 0 Å². The third-order valence-electron chi connectivity index (χ3n) is 2.79. The van der Waals surface area contributed by atoms with Gasteiger partial charge in [0.05, 0.1) is 0 Å². The smallest absolute Gasteiger partial charge is 0.0471 e. The van der Waals surface area contributed by atoms with Crippen molar-refractivity contribution >= 4 is 0 Å². The Balaban J connectivity index is 1.97. The normalized spacial score (nSPS) is 10.4. The Hall–Kier alpha value is -1.67. The molecule has 0 spiro atoms. The zero-order valence-electron chi connectivity index (χ0n) is 9.84. The van der Waals surface area contributed by atoms with E-state index in [4.69, 9.17) is 5.11 Å². The van der Waals surface area contributed by atoms with Gasteiger partial charge in [-0.1, -0.05) is 30.3 Å². The minimum Gasteiger partial charge on any atom is -0.396 e. The standard InChI is InChI=1S/C15H17NO/c17-11-9-14-8-10-16-15(12-14)7-6-13-4-2-1-3-5-13/h1-5,8,10,12,17H,6-7,9,11H2. The van der Waals surface area contributed by atoms with E-state index in [0.717, 1.165) is 24.1 Å². The number of aliphatic hydroxyl groups excluding tert-OH is 1. The molecule has 0 bridgehead atoms. The fourth-order valence-electron chi connectivity index (χ4n) is 1.87. The molecule has 2 nitrogen and oxygen atoms in total. The molecule has 1 aromatic heterocycles. The van der Waals surface area contributed by atoms with Crippen molar-refractivity contribution in [1.82, 2.24) is 4.98 Å². The molecule has 0 unspecified atom stereocenters. The molecular formula is C15H17NO. The number of hydrogen-bond donors (Lipinski definition) is 1. The summed E-state index contributed by atoms with van der Waals surface area (Å²) in [5.41, 5.74) is 3.59. The highest BCUT2D eigenvalue weighted by molar-refractivity contribution is 5.20. The topological polar surface area (TPSA) is 33.1 Å². The van der Waals surface area contributed by atoms with Gasteiger partial charge < -0.3 is 5.11 Å². The van der Waals surface area contributed by atoms with Crippen LogP contribution >= 0.6 is 0 Å². The van der Waals surface area contributed by atoms with Gasteiger partial charge in [0.1, 0.15) is 0 Å². The lowest BCUT2D eigenvalue weighted by Gasteiger charge is -2.03. The number of aliphatic hydroxyl groups is 1. The van der Waals surface area contributed by atoms with E-state index < -0.39 is 0 Å². The highest BCUT2D eigenvalue weighted by Gasteiger charge is 1.98. The van der Waals surface area contributed by atoms with E-state index in [1.807, 2.05) is 18.3 Å². The van der Waals surface area contributed by atoms with Gasteiger partial charge in [0.25, 0.3) is 0 Å². The van der Waals surface area contributed by atoms with Crippen LogP contribution in [0.3, 0.4) is 0 Å². The van der Waals surface area contributed by atoms with E-state index in [-0.39, 0.29) is 6.61 Å². The third-order valence-corrected chi connectivity index (χ3v) is 2.79. The van der Waals surface area contributed by atoms with Crippen molar-refractivity contribution in [3.63, 3.8) is 0 Å². The van der Waals surface area contributed by atoms with Gasteiger partial charge in [0, 0.05) is 18.5 Å². The summed E-state index contributed by atoms with van der Waals surface area (Å²) in [7, 11) is 0. The molecule has 0 atom stereocenters. The van der Waals surface area contributed by atoms with Gasteiger partial charge in [-0.2, -0.15) is 0 Å². The van der Waals surface area contributed by atoms with Crippen molar-refractivity contribution in [3.8, 4) is 0 Å². The number of benzene rings is 1. The van der Waals surface area contributed by atoms with Crippen molar-refractivity contribution in [2.24, 2.45) is 0 Å². The SMILES string of the molecule is OCCc1ccnc(CCc2ccccc2)c1. The van der Waals surface area contributed by atoms with Crippen LogP contribution in [0, 0.1) is 0 Å². The van der Waals surface area contributed by atoms with Gasteiger partial charge >= 0.3 is 0 Å². The second-order valence-corrected chi connectivity index (χ2v) is 4.11. The molecule has 0 saturated heterocycles. The van der Waals surface area contributed by atoms with Gasteiger partial charge in [-0.05, 0) is 42.5 Å². The molecule has 2 aromatic rings. The van der Waals surface area contributed by atoms with Gasteiger partial charge in [0.15, 0.2) is 0 Å². The largest absolute Gasteiger partial charge is 0.396 e. The van der Waals surface area contributed by atoms with Crippen molar-refractivity contribution in [2.75, 3.05) is 6.61 Å². The number of aromatic nitrogens is 1. The van der Waals surface area contributed by atoms with E-state index >= 15 is 0 Å². The van der Waals surface area contributed by atoms with Crippen molar-refractivity contribution < 1.29 is 5.11 Å². The van der Waals surface area contributed by atoms with E-state index in [1.165, 1.54) is 5.56 Å². The van der Waals surface area contributed by atoms with Crippen LogP contribution in [-0.2, 0) is 19.3 Å². The second kappa shape index (κ2) is 6.16. The van der Waals surface area contributed by atoms with Gasteiger partial charge in [-0.15, -0.1) is 0 Å². The Morgan fingerprint density at radius 1 is 0.882 bits per heavy atom. The van der Waals surface area contributed by atoms with Crippen LogP contribution in [0.4, 0.5) is 0 Å². The van der Waals surface area contributed by atoms with Crippen LogP contribution in [0.15, 0.2) is 48.7 Å². The maximum absolute atomic E-state index is 8.90. The molecule has 88 valence electrons. The van der Waals surface area contributed by atoms with E-state index in [9.17, 15) is 0 Å². The first-order chi connectivity index (χ1) is 8.38. The molecule has 1 N–H and O–H groups in total. The van der Waals surface area contributed by atoms with Gasteiger partial charge in [-0.3, -0.25) is 4.98 Å². The molecule has 2 rings (SSSR count). The fourth-order valence-corrected chi connectivity index (χ4v) is 1.87. The predicted molar refractivity (Wildman–Crippen MR) is 68.9 cm³/mol. The number of pyridine rings is 1. The van der Waals surface area contributed by atoms with Crippen LogP contribution in [0.25, 0.3) is 0 Å². The monoisotopic (exact) mass is 227 g/mol. The van der Waals surface area contributed by atoms with E-state index in [2.05, 4.69) is 35.3 Å². The van der Waals surface area contributed by atoms with Crippen LogP contribution < -0.4 is 0 Å². The molecule has 0 saturated carbocycles. The maximum atomic E-state index is 8.90. The second-order valence-electron chi connectivity index (χ2n) is 4.11. The Bertz CT molecular complexity index is 453. The van der Waals surface area contributed by atoms with Crippen LogP contribution in [0.2, 0.25) is 0 Å². The van der Waals surface area contributed by atoms with Crippen LogP contribution in [0.1, 0.15) is 16.8 Å². The summed E-state index contributed by atoms with van der Waals surface area (Å²) in [6.07, 6.45) is 4.49. The first-order valence-corrected chi connectivity index (χ1v) is 5.97. The third kappa shape index (κ3) is 3.68. The first-order valence-electron chi connectivity index (χ1n) is 5.97. The lowest BCUT2D eigenvalue weighted by Crippen LogP contribution is -1.97. The summed E-state index contributed by atoms with van der Waals surface area (Å²) in [5.74, 6) is 0. The molecule has 0 radical (unpaired) electrons. The zero-order valence-corrected chi connectivity index (χ0v) is 9.84. The minimum atomic E-state index is 0.197. The molecule has 0 fully saturated rings. The molecule has 17 heavy (non-hydrogen) atoms. The Kier molecular flexibility index (Phi) is 4.28. The molecule has 2 heteroatoms. The van der Waals surface area contributed by atoms with Gasteiger partial charge in [-0.25, -0.2) is 0 Å². The summed E-state index contributed by atoms with van der Waals surface area (Å²) in [5, 5.41) is 8.90.